The van der Waals surface area contributed by atoms with Gasteiger partial charge in [-0.2, -0.15) is 4.31 Å². The van der Waals surface area contributed by atoms with Crippen molar-refractivity contribution in [2.75, 3.05) is 50.4 Å². The largest absolute Gasteiger partial charge is 0.302 e. The zero-order chi connectivity index (χ0) is 27.5. The van der Waals surface area contributed by atoms with Gasteiger partial charge < -0.3 is 4.90 Å². The Hall–Kier alpha value is -2.38. The van der Waals surface area contributed by atoms with Crippen molar-refractivity contribution in [3.63, 3.8) is 0 Å². The number of aromatic nitrogens is 1. The maximum Gasteiger partial charge on any atom is 0.260 e. The smallest absolute Gasteiger partial charge is 0.260 e. The van der Waals surface area contributed by atoms with Crippen LogP contribution in [0.4, 0.5) is 5.13 Å². The first-order valence-corrected chi connectivity index (χ1v) is 16.9. The fourth-order valence-electron chi connectivity index (χ4n) is 4.57. The molecule has 0 unspecified atom stereocenters. The van der Waals surface area contributed by atoms with Crippen molar-refractivity contribution >= 4 is 52.5 Å². The Kier molecular flexibility index (Phi) is 8.88. The normalized spacial score (nSPS) is 15.3. The standard InChI is InChI=1S/C26H34N4O5S3/c1-4-28(5-2)18-19-30(26-27-24-22(36-26)10-9-11-23(24)37(3,32)33)25(31)20-12-14-21(15-13-20)38(34,35)29-16-7-6-8-17-29/h9-15H,4-8,16-19H2,1-3H3. The second kappa shape index (κ2) is 11.8. The monoisotopic (exact) mass is 578 g/mol. The summed E-state index contributed by atoms with van der Waals surface area (Å²) in [5.41, 5.74) is 0.684. The Bertz CT molecular complexity index is 1490. The van der Waals surface area contributed by atoms with Crippen molar-refractivity contribution in [3.05, 3.63) is 48.0 Å². The van der Waals surface area contributed by atoms with E-state index >= 15 is 0 Å². The van der Waals surface area contributed by atoms with Crippen molar-refractivity contribution in [2.45, 2.75) is 42.9 Å². The Morgan fingerprint density at radius 1 is 0.947 bits per heavy atom. The molecule has 0 spiro atoms. The Labute approximate surface area is 229 Å². The number of sulfonamides is 1. The Morgan fingerprint density at radius 3 is 2.21 bits per heavy atom. The number of fused-ring (bicyclic) bond motifs is 1. The molecule has 1 aliphatic heterocycles. The summed E-state index contributed by atoms with van der Waals surface area (Å²) in [7, 11) is -7.11. The highest BCUT2D eigenvalue weighted by atomic mass is 32.2. The highest BCUT2D eigenvalue weighted by Crippen LogP contribution is 2.33. The van der Waals surface area contributed by atoms with Crippen LogP contribution < -0.4 is 4.90 Å². The molecular weight excluding hydrogens is 545 g/mol. The van der Waals surface area contributed by atoms with Gasteiger partial charge in [0.2, 0.25) is 10.0 Å². The fourth-order valence-corrected chi connectivity index (χ4v) is 8.00. The number of benzene rings is 2. The van der Waals surface area contributed by atoms with E-state index in [1.54, 1.807) is 29.2 Å². The molecule has 0 aliphatic carbocycles. The first kappa shape index (κ1) is 28.6. The molecule has 38 heavy (non-hydrogen) atoms. The molecule has 1 amide bonds. The summed E-state index contributed by atoms with van der Waals surface area (Å²) >= 11 is 1.26. The molecule has 206 valence electrons. The summed E-state index contributed by atoms with van der Waals surface area (Å²) in [6.45, 7) is 7.71. The second-order valence-electron chi connectivity index (χ2n) is 9.34. The van der Waals surface area contributed by atoms with Gasteiger partial charge in [-0.05, 0) is 62.3 Å². The van der Waals surface area contributed by atoms with Crippen LogP contribution >= 0.6 is 11.3 Å². The van der Waals surface area contributed by atoms with Gasteiger partial charge in [0.25, 0.3) is 5.91 Å². The van der Waals surface area contributed by atoms with Gasteiger partial charge in [-0.15, -0.1) is 0 Å². The average Bonchev–Trinajstić information content (AvgIpc) is 3.35. The Balaban J connectivity index is 1.68. The molecule has 2 aromatic carbocycles. The number of hydrogen-bond acceptors (Lipinski definition) is 8. The number of thiazole rings is 1. The van der Waals surface area contributed by atoms with Crippen LogP contribution in [0.25, 0.3) is 10.2 Å². The van der Waals surface area contributed by atoms with Gasteiger partial charge in [-0.1, -0.05) is 37.7 Å². The Morgan fingerprint density at radius 2 is 1.61 bits per heavy atom. The van der Waals surface area contributed by atoms with Crippen molar-refractivity contribution in [1.82, 2.24) is 14.2 Å². The van der Waals surface area contributed by atoms with Crippen LogP contribution in [-0.2, 0) is 19.9 Å². The first-order valence-electron chi connectivity index (χ1n) is 12.8. The maximum atomic E-state index is 13.8. The molecule has 12 heteroatoms. The lowest BCUT2D eigenvalue weighted by Gasteiger charge is -2.26. The van der Waals surface area contributed by atoms with E-state index in [0.29, 0.717) is 47.1 Å². The number of rotatable bonds is 10. The molecular formula is C26H34N4O5S3. The van der Waals surface area contributed by atoms with Crippen LogP contribution in [-0.4, -0.2) is 82.5 Å². The zero-order valence-corrected chi connectivity index (χ0v) is 24.4. The van der Waals surface area contributed by atoms with E-state index in [1.165, 1.54) is 33.8 Å². The number of nitrogens with zero attached hydrogens (tertiary/aromatic N) is 4. The van der Waals surface area contributed by atoms with E-state index < -0.39 is 19.9 Å². The molecule has 1 saturated heterocycles. The zero-order valence-electron chi connectivity index (χ0n) is 22.0. The van der Waals surface area contributed by atoms with Gasteiger partial charge in [0.1, 0.15) is 5.52 Å². The average molecular weight is 579 g/mol. The fraction of sp³-hybridized carbons (Fsp3) is 0.462. The number of sulfone groups is 1. The molecule has 1 fully saturated rings. The predicted octanol–water partition coefficient (Wildman–Crippen LogP) is 3.86. The van der Waals surface area contributed by atoms with Gasteiger partial charge in [-0.25, -0.2) is 21.8 Å². The van der Waals surface area contributed by atoms with Gasteiger partial charge in [-0.3, -0.25) is 9.69 Å². The third-order valence-corrected chi connectivity index (χ3v) is 10.9. The SMILES string of the molecule is CCN(CC)CCN(C(=O)c1ccc(S(=O)(=O)N2CCCCC2)cc1)c1nc2c(S(C)(=O)=O)cccc2s1. The topological polar surface area (TPSA) is 108 Å². The molecule has 2 heterocycles. The number of likely N-dealkylation sites (N-methyl/N-ethyl adjacent to an activating group) is 1. The number of carbonyl (C=O) groups is 1. The number of piperidine rings is 1. The van der Waals surface area contributed by atoms with E-state index in [0.717, 1.165) is 38.6 Å². The molecule has 0 bridgehead atoms. The minimum absolute atomic E-state index is 0.126. The first-order chi connectivity index (χ1) is 18.1. The molecule has 4 rings (SSSR count). The third-order valence-electron chi connectivity index (χ3n) is 6.83. The highest BCUT2D eigenvalue weighted by molar-refractivity contribution is 7.91. The molecule has 0 N–H and O–H groups in total. The van der Waals surface area contributed by atoms with Gasteiger partial charge in [0, 0.05) is 38.0 Å². The van der Waals surface area contributed by atoms with E-state index in [9.17, 15) is 21.6 Å². The number of amides is 1. The molecule has 0 radical (unpaired) electrons. The number of para-hydroxylation sites is 1. The summed E-state index contributed by atoms with van der Waals surface area (Å²) in [6, 6.07) is 11.0. The third kappa shape index (κ3) is 6.09. The van der Waals surface area contributed by atoms with E-state index in [4.69, 9.17) is 0 Å². The molecule has 3 aromatic rings. The number of carbonyl (C=O) groups excluding carboxylic acids is 1. The quantitative estimate of drug-likeness (QED) is 0.359. The van der Waals surface area contributed by atoms with E-state index in [-0.39, 0.29) is 15.7 Å². The predicted molar refractivity (Wildman–Crippen MR) is 151 cm³/mol. The second-order valence-corrected chi connectivity index (χ2v) is 14.3. The number of hydrogen-bond donors (Lipinski definition) is 0. The molecule has 1 aliphatic rings. The highest BCUT2D eigenvalue weighted by Gasteiger charge is 2.28. The summed E-state index contributed by atoms with van der Waals surface area (Å²) in [6.07, 6.45) is 3.87. The molecule has 0 saturated carbocycles. The van der Waals surface area contributed by atoms with Gasteiger partial charge in [0.15, 0.2) is 15.0 Å². The van der Waals surface area contributed by atoms with Crippen molar-refractivity contribution in [2.24, 2.45) is 0 Å². The minimum Gasteiger partial charge on any atom is -0.302 e. The number of anilines is 1. The molecule has 1 aromatic heterocycles. The summed E-state index contributed by atoms with van der Waals surface area (Å²) in [5.74, 6) is -0.320. The van der Waals surface area contributed by atoms with Crippen molar-refractivity contribution in [3.8, 4) is 0 Å². The molecule has 0 atom stereocenters. The van der Waals surface area contributed by atoms with Crippen LogP contribution in [0.3, 0.4) is 0 Å². The minimum atomic E-state index is -3.61. The van der Waals surface area contributed by atoms with Crippen LogP contribution in [0.2, 0.25) is 0 Å². The van der Waals surface area contributed by atoms with Gasteiger partial charge >= 0.3 is 0 Å². The lowest BCUT2D eigenvalue weighted by atomic mass is 10.2. The van der Waals surface area contributed by atoms with Crippen LogP contribution in [0.15, 0.2) is 52.3 Å². The van der Waals surface area contributed by atoms with Crippen LogP contribution in [0.5, 0.6) is 0 Å². The van der Waals surface area contributed by atoms with Crippen molar-refractivity contribution in [1.29, 1.82) is 0 Å². The van der Waals surface area contributed by atoms with Gasteiger partial charge in [0.05, 0.1) is 14.5 Å². The summed E-state index contributed by atoms with van der Waals surface area (Å²) in [5, 5.41) is 0.401. The molecule has 9 nitrogen and oxygen atoms in total. The lowest BCUT2D eigenvalue weighted by Crippen LogP contribution is -2.39. The van der Waals surface area contributed by atoms with E-state index in [2.05, 4.69) is 9.88 Å². The van der Waals surface area contributed by atoms with Crippen LogP contribution in [0.1, 0.15) is 43.5 Å². The van der Waals surface area contributed by atoms with Crippen molar-refractivity contribution < 1.29 is 21.6 Å². The summed E-state index contributed by atoms with van der Waals surface area (Å²) in [4.78, 5) is 22.4. The lowest BCUT2D eigenvalue weighted by molar-refractivity contribution is 0.0983. The summed E-state index contributed by atoms with van der Waals surface area (Å²) < 4.78 is 52.9. The maximum absolute atomic E-state index is 13.8. The van der Waals surface area contributed by atoms with E-state index in [1.807, 2.05) is 13.8 Å². The van der Waals surface area contributed by atoms with Crippen LogP contribution in [0, 0.1) is 0 Å².